The van der Waals surface area contributed by atoms with E-state index < -0.39 is 0 Å². The Morgan fingerprint density at radius 3 is 2.16 bits per heavy atom. The quantitative estimate of drug-likeness (QED) is 0.274. The zero-order valence-electron chi connectivity index (χ0n) is 21.5. The molecule has 0 atom stereocenters. The first-order chi connectivity index (χ1) is 18.2. The number of piperazine rings is 1. The summed E-state index contributed by atoms with van der Waals surface area (Å²) in [6, 6.07) is 25.4. The summed E-state index contributed by atoms with van der Waals surface area (Å²) in [6.07, 6.45) is 3.02. The van der Waals surface area contributed by atoms with E-state index in [1.165, 1.54) is 0 Å². The molecule has 0 spiro atoms. The van der Waals surface area contributed by atoms with Crippen LogP contribution in [0.3, 0.4) is 0 Å². The fraction of sp³-hybridized carbons (Fsp3) is 0.323. The van der Waals surface area contributed by atoms with E-state index in [2.05, 4.69) is 14.4 Å². The minimum atomic E-state index is 0.0463. The summed E-state index contributed by atoms with van der Waals surface area (Å²) in [4.78, 5) is 18.3. The van der Waals surface area contributed by atoms with Gasteiger partial charge in [0.15, 0.2) is 5.78 Å². The van der Waals surface area contributed by atoms with Gasteiger partial charge < -0.3 is 18.9 Å². The van der Waals surface area contributed by atoms with Crippen molar-refractivity contribution in [3.8, 4) is 11.5 Å². The van der Waals surface area contributed by atoms with Gasteiger partial charge in [-0.1, -0.05) is 60.7 Å². The largest absolute Gasteiger partial charge is 0.495 e. The molecule has 0 amide bonds. The van der Waals surface area contributed by atoms with Crippen LogP contribution in [-0.2, 0) is 6.54 Å². The molecule has 0 aliphatic carbocycles. The number of methoxy groups -OCH3 is 1. The van der Waals surface area contributed by atoms with E-state index in [9.17, 15) is 4.79 Å². The van der Waals surface area contributed by atoms with Crippen molar-refractivity contribution in [1.29, 1.82) is 0 Å². The molecule has 1 aliphatic rings. The molecule has 0 bridgehead atoms. The number of ketones is 1. The average Bonchev–Trinajstić information content (AvgIpc) is 3.33. The lowest BCUT2D eigenvalue weighted by molar-refractivity contribution is 0.104. The van der Waals surface area contributed by atoms with Crippen molar-refractivity contribution >= 4 is 16.7 Å². The lowest BCUT2D eigenvalue weighted by Crippen LogP contribution is -2.47. The number of fused-ring (bicyclic) bond motifs is 1. The first kappa shape index (κ1) is 25.1. The van der Waals surface area contributed by atoms with Crippen LogP contribution in [0.15, 0.2) is 85.1 Å². The number of hydrogen-bond acceptors (Lipinski definition) is 5. The second kappa shape index (κ2) is 12.1. The number of benzene rings is 3. The van der Waals surface area contributed by atoms with Gasteiger partial charge in [-0.05, 0) is 31.2 Å². The summed E-state index contributed by atoms with van der Waals surface area (Å²) in [5, 5.41) is 0.944. The smallest absolute Gasteiger partial charge is 0.195 e. The molecule has 1 fully saturated rings. The fourth-order valence-electron chi connectivity index (χ4n) is 5.10. The Morgan fingerprint density at radius 1 is 0.784 bits per heavy atom. The molecule has 1 aromatic heterocycles. The predicted octanol–water partition coefficient (Wildman–Crippen LogP) is 4.97. The van der Waals surface area contributed by atoms with Gasteiger partial charge in [0.05, 0.1) is 12.6 Å². The molecular weight excluding hydrogens is 462 g/mol. The summed E-state index contributed by atoms with van der Waals surface area (Å²) in [5.74, 6) is 1.78. The van der Waals surface area contributed by atoms with Crippen LogP contribution in [0.2, 0.25) is 0 Å². The summed E-state index contributed by atoms with van der Waals surface area (Å²) in [7, 11) is 1.69. The maximum atomic E-state index is 13.3. The molecule has 4 aromatic rings. The first-order valence-corrected chi connectivity index (χ1v) is 13.1. The normalized spacial score (nSPS) is 14.6. The van der Waals surface area contributed by atoms with E-state index in [0.29, 0.717) is 5.56 Å². The number of aryl methyl sites for hydroxylation is 1. The summed E-state index contributed by atoms with van der Waals surface area (Å²) >= 11 is 0. The topological polar surface area (TPSA) is 46.9 Å². The number of rotatable bonds is 11. The second-order valence-corrected chi connectivity index (χ2v) is 9.49. The molecule has 0 radical (unpaired) electrons. The van der Waals surface area contributed by atoms with Crippen LogP contribution in [0.1, 0.15) is 22.3 Å². The molecule has 3 aromatic carbocycles. The Balaban J connectivity index is 1.16. The van der Waals surface area contributed by atoms with Gasteiger partial charge in [-0.3, -0.25) is 9.69 Å². The number of para-hydroxylation sites is 2. The third kappa shape index (κ3) is 6.04. The molecule has 1 saturated heterocycles. The van der Waals surface area contributed by atoms with Crippen molar-refractivity contribution in [3.63, 3.8) is 0 Å². The highest BCUT2D eigenvalue weighted by Gasteiger charge is 2.20. The number of carbonyl (C=O) groups excluding carboxylic acids is 1. The van der Waals surface area contributed by atoms with Crippen molar-refractivity contribution in [2.24, 2.45) is 0 Å². The second-order valence-electron chi connectivity index (χ2n) is 9.49. The minimum Gasteiger partial charge on any atom is -0.495 e. The molecule has 5 rings (SSSR count). The molecule has 6 nitrogen and oxygen atoms in total. The summed E-state index contributed by atoms with van der Waals surface area (Å²) < 4.78 is 13.7. The lowest BCUT2D eigenvalue weighted by atomic mass is 10.0. The van der Waals surface area contributed by atoms with E-state index in [0.717, 1.165) is 86.8 Å². The highest BCUT2D eigenvalue weighted by Crippen LogP contribution is 2.31. The third-order valence-electron chi connectivity index (χ3n) is 7.12. The van der Waals surface area contributed by atoms with Crippen LogP contribution in [0.4, 0.5) is 0 Å². The highest BCUT2D eigenvalue weighted by atomic mass is 16.5. The van der Waals surface area contributed by atoms with Crippen LogP contribution >= 0.6 is 0 Å². The average molecular weight is 498 g/mol. The SMILES string of the molecule is COc1cccc2c(C(=O)c3ccccc3)cn(CCCN3CCN(CCOc4ccccc4)CC3)c12. The lowest BCUT2D eigenvalue weighted by Gasteiger charge is -2.34. The van der Waals surface area contributed by atoms with Crippen molar-refractivity contribution in [2.75, 3.05) is 53.0 Å². The standard InChI is InChI=1S/C31H35N3O3/c1-36-29-15-8-14-27-28(31(35)25-10-4-2-5-11-25)24-34(30(27)29)17-9-16-32-18-20-33(21-19-32)22-23-37-26-12-6-3-7-13-26/h2-8,10-15,24H,9,16-23H2,1H3. The number of hydrogen-bond donors (Lipinski definition) is 0. The Hall–Kier alpha value is -3.61. The van der Waals surface area contributed by atoms with Crippen LogP contribution in [0.25, 0.3) is 10.9 Å². The Kier molecular flexibility index (Phi) is 8.18. The van der Waals surface area contributed by atoms with Gasteiger partial charge in [-0.25, -0.2) is 0 Å². The van der Waals surface area contributed by atoms with Gasteiger partial charge in [-0.15, -0.1) is 0 Å². The van der Waals surface area contributed by atoms with Crippen molar-refractivity contribution in [3.05, 3.63) is 96.2 Å². The number of aromatic nitrogens is 1. The third-order valence-corrected chi connectivity index (χ3v) is 7.12. The number of nitrogens with zero attached hydrogens (tertiary/aromatic N) is 3. The summed E-state index contributed by atoms with van der Waals surface area (Å²) in [6.45, 7) is 7.81. The summed E-state index contributed by atoms with van der Waals surface area (Å²) in [5.41, 5.74) is 2.43. The monoisotopic (exact) mass is 497 g/mol. The minimum absolute atomic E-state index is 0.0463. The van der Waals surface area contributed by atoms with E-state index in [-0.39, 0.29) is 5.78 Å². The van der Waals surface area contributed by atoms with E-state index >= 15 is 0 Å². The van der Waals surface area contributed by atoms with Crippen molar-refractivity contribution in [2.45, 2.75) is 13.0 Å². The van der Waals surface area contributed by atoms with Crippen LogP contribution < -0.4 is 9.47 Å². The van der Waals surface area contributed by atoms with Gasteiger partial charge in [0.2, 0.25) is 0 Å². The number of carbonyl (C=O) groups is 1. The molecule has 0 saturated carbocycles. The molecule has 6 heteroatoms. The molecule has 192 valence electrons. The van der Waals surface area contributed by atoms with Gasteiger partial charge in [0.1, 0.15) is 18.1 Å². The number of ether oxygens (including phenoxy) is 2. The molecule has 37 heavy (non-hydrogen) atoms. The molecule has 0 N–H and O–H groups in total. The van der Waals surface area contributed by atoms with E-state index in [1.54, 1.807) is 7.11 Å². The van der Waals surface area contributed by atoms with Gasteiger partial charge in [0.25, 0.3) is 0 Å². The van der Waals surface area contributed by atoms with Crippen LogP contribution in [0.5, 0.6) is 11.5 Å². The Morgan fingerprint density at radius 2 is 1.46 bits per heavy atom. The zero-order valence-corrected chi connectivity index (χ0v) is 21.5. The zero-order chi connectivity index (χ0) is 25.5. The molecule has 2 heterocycles. The molecule has 1 aliphatic heterocycles. The molecular formula is C31H35N3O3. The highest BCUT2D eigenvalue weighted by molar-refractivity contribution is 6.17. The molecule has 0 unspecified atom stereocenters. The van der Waals surface area contributed by atoms with Crippen molar-refractivity contribution < 1.29 is 14.3 Å². The Labute approximate surface area is 219 Å². The van der Waals surface area contributed by atoms with Gasteiger partial charge in [0, 0.05) is 62.0 Å². The maximum absolute atomic E-state index is 13.3. The van der Waals surface area contributed by atoms with Gasteiger partial charge in [-0.2, -0.15) is 0 Å². The Bertz CT molecular complexity index is 1300. The predicted molar refractivity (Wildman–Crippen MR) is 148 cm³/mol. The van der Waals surface area contributed by atoms with Crippen LogP contribution in [-0.4, -0.2) is 73.1 Å². The van der Waals surface area contributed by atoms with Gasteiger partial charge >= 0.3 is 0 Å². The first-order valence-electron chi connectivity index (χ1n) is 13.1. The van der Waals surface area contributed by atoms with Crippen LogP contribution in [0, 0.1) is 0 Å². The fourth-order valence-corrected chi connectivity index (χ4v) is 5.10. The van der Waals surface area contributed by atoms with Crippen molar-refractivity contribution in [1.82, 2.24) is 14.4 Å². The van der Waals surface area contributed by atoms with E-state index in [4.69, 9.17) is 9.47 Å². The van der Waals surface area contributed by atoms with E-state index in [1.807, 2.05) is 85.1 Å². The maximum Gasteiger partial charge on any atom is 0.195 e.